The summed E-state index contributed by atoms with van der Waals surface area (Å²) < 4.78 is 5.99. The van der Waals surface area contributed by atoms with E-state index < -0.39 is 0 Å². The van der Waals surface area contributed by atoms with Gasteiger partial charge in [-0.1, -0.05) is 67.6 Å². The second-order valence-corrected chi connectivity index (χ2v) is 10.3. The summed E-state index contributed by atoms with van der Waals surface area (Å²) in [7, 11) is 0. The van der Waals surface area contributed by atoms with Gasteiger partial charge in [0.05, 0.1) is 5.02 Å². The van der Waals surface area contributed by atoms with Gasteiger partial charge in [0.1, 0.15) is 11.5 Å². The molecule has 1 N–H and O–H groups in total. The fourth-order valence-corrected chi connectivity index (χ4v) is 5.12. The lowest BCUT2D eigenvalue weighted by Crippen LogP contribution is -2.42. The number of anilines is 1. The number of carbonyl (C=O) groups is 1. The highest BCUT2D eigenvalue weighted by atomic mass is 35.5. The van der Waals surface area contributed by atoms with Crippen LogP contribution in [0.5, 0.6) is 11.5 Å². The van der Waals surface area contributed by atoms with Crippen LogP contribution in [0.2, 0.25) is 10.0 Å². The molecule has 6 heteroatoms. The highest BCUT2D eigenvalue weighted by Crippen LogP contribution is 2.33. The van der Waals surface area contributed by atoms with Gasteiger partial charge in [0, 0.05) is 47.5 Å². The van der Waals surface area contributed by atoms with Crippen molar-refractivity contribution in [3.8, 4) is 11.5 Å². The van der Waals surface area contributed by atoms with Crippen molar-refractivity contribution in [2.24, 2.45) is 0 Å². The van der Waals surface area contributed by atoms with Crippen molar-refractivity contribution < 1.29 is 9.53 Å². The van der Waals surface area contributed by atoms with Crippen LogP contribution < -0.4 is 10.1 Å². The van der Waals surface area contributed by atoms with Gasteiger partial charge >= 0.3 is 0 Å². The van der Waals surface area contributed by atoms with E-state index in [1.54, 1.807) is 18.2 Å². The molecular weight excluding hydrogens is 491 g/mol. The van der Waals surface area contributed by atoms with Gasteiger partial charge in [0.2, 0.25) is 0 Å². The number of aryl methyl sites for hydroxylation is 1. The summed E-state index contributed by atoms with van der Waals surface area (Å²) in [5.41, 5.74) is 3.87. The lowest BCUT2D eigenvalue weighted by Gasteiger charge is -2.34. The Balaban J connectivity index is 1.45. The van der Waals surface area contributed by atoms with Crippen molar-refractivity contribution >= 4 is 34.8 Å². The van der Waals surface area contributed by atoms with Crippen molar-refractivity contribution in [1.82, 2.24) is 4.90 Å². The summed E-state index contributed by atoms with van der Waals surface area (Å²) in [5, 5.41) is 4.57. The lowest BCUT2D eigenvalue weighted by molar-refractivity contribution is 0.0634. The Morgan fingerprint density at radius 1 is 1.03 bits per heavy atom. The van der Waals surface area contributed by atoms with E-state index in [9.17, 15) is 4.79 Å². The van der Waals surface area contributed by atoms with Gasteiger partial charge in [0.25, 0.3) is 5.91 Å². The molecule has 0 aromatic heterocycles. The minimum Gasteiger partial charge on any atom is -0.456 e. The molecule has 3 aromatic carbocycles. The van der Waals surface area contributed by atoms with Crippen LogP contribution in [0.4, 0.5) is 5.69 Å². The third-order valence-corrected chi connectivity index (χ3v) is 7.28. The SMILES string of the molecule is CCCN(C(=O)c1cccc(CNc2cc(Oc3cc(Cl)ccc3Cl)ccc2C)c1)C1CCCCC1. The normalized spacial score (nSPS) is 13.9. The molecule has 3 aromatic rings. The zero-order valence-electron chi connectivity index (χ0n) is 21.0. The van der Waals surface area contributed by atoms with Crippen LogP contribution in [-0.2, 0) is 6.54 Å². The number of nitrogens with one attached hydrogen (secondary N) is 1. The first-order valence-electron chi connectivity index (χ1n) is 12.8. The van der Waals surface area contributed by atoms with Gasteiger partial charge in [-0.2, -0.15) is 0 Å². The van der Waals surface area contributed by atoms with E-state index in [-0.39, 0.29) is 5.91 Å². The predicted molar refractivity (Wildman–Crippen MR) is 150 cm³/mol. The average molecular weight is 526 g/mol. The summed E-state index contributed by atoms with van der Waals surface area (Å²) in [6.07, 6.45) is 6.92. The Hall–Kier alpha value is -2.69. The summed E-state index contributed by atoms with van der Waals surface area (Å²) in [6, 6.07) is 19.4. The quantitative estimate of drug-likeness (QED) is 0.303. The number of ether oxygens (including phenoxy) is 1. The second-order valence-electron chi connectivity index (χ2n) is 9.50. The lowest BCUT2D eigenvalue weighted by atomic mass is 9.93. The van der Waals surface area contributed by atoms with Gasteiger partial charge in [-0.15, -0.1) is 0 Å². The highest BCUT2D eigenvalue weighted by Gasteiger charge is 2.25. The molecule has 0 spiro atoms. The molecular formula is C30H34Cl2N2O2. The van der Waals surface area contributed by atoms with Gasteiger partial charge < -0.3 is 15.0 Å². The van der Waals surface area contributed by atoms with Gasteiger partial charge in [-0.25, -0.2) is 0 Å². The van der Waals surface area contributed by atoms with E-state index >= 15 is 0 Å². The molecule has 0 saturated heterocycles. The van der Waals surface area contributed by atoms with E-state index in [2.05, 4.69) is 23.2 Å². The van der Waals surface area contributed by atoms with Crippen LogP contribution in [0.1, 0.15) is 66.9 Å². The fraction of sp³-hybridized carbons (Fsp3) is 0.367. The standard InChI is InChI=1S/C30H34Cl2N2O2/c1-3-16-34(25-10-5-4-6-11-25)30(35)23-9-7-8-22(17-23)20-33-28-19-26(14-12-21(28)2)36-29-18-24(31)13-15-27(29)32/h7-9,12-15,17-19,25,33H,3-6,10-11,16,20H2,1-2H3. The molecule has 36 heavy (non-hydrogen) atoms. The molecule has 0 unspecified atom stereocenters. The highest BCUT2D eigenvalue weighted by molar-refractivity contribution is 6.34. The first-order valence-corrected chi connectivity index (χ1v) is 13.6. The predicted octanol–water partition coefficient (Wildman–Crippen LogP) is 8.89. The Morgan fingerprint density at radius 3 is 2.61 bits per heavy atom. The molecule has 1 saturated carbocycles. The van der Waals surface area contributed by atoms with Crippen molar-refractivity contribution in [3.05, 3.63) is 87.4 Å². The maximum Gasteiger partial charge on any atom is 0.254 e. The van der Waals surface area contributed by atoms with Crippen LogP contribution >= 0.6 is 23.2 Å². The first-order chi connectivity index (χ1) is 17.4. The molecule has 1 fully saturated rings. The number of halogens is 2. The van der Waals surface area contributed by atoms with Gasteiger partial charge in [0.15, 0.2) is 0 Å². The van der Waals surface area contributed by atoms with Gasteiger partial charge in [-0.05, 0) is 67.6 Å². The fourth-order valence-electron chi connectivity index (χ4n) is 4.80. The summed E-state index contributed by atoms with van der Waals surface area (Å²) in [4.78, 5) is 15.6. The summed E-state index contributed by atoms with van der Waals surface area (Å²) in [5.74, 6) is 1.33. The van der Waals surface area contributed by atoms with Crippen LogP contribution in [0.3, 0.4) is 0 Å². The number of benzene rings is 3. The molecule has 1 aliphatic rings. The summed E-state index contributed by atoms with van der Waals surface area (Å²) in [6.45, 7) is 5.60. The average Bonchev–Trinajstić information content (AvgIpc) is 2.90. The number of rotatable bonds is 9. The Morgan fingerprint density at radius 2 is 1.83 bits per heavy atom. The number of amides is 1. The molecule has 0 aliphatic heterocycles. The van der Waals surface area contributed by atoms with Crippen LogP contribution in [0.15, 0.2) is 60.7 Å². The third-order valence-electron chi connectivity index (χ3n) is 6.73. The van der Waals surface area contributed by atoms with Crippen molar-refractivity contribution in [2.75, 3.05) is 11.9 Å². The number of carbonyl (C=O) groups excluding carboxylic acids is 1. The Labute approximate surface area is 224 Å². The number of hydrogen-bond donors (Lipinski definition) is 1. The number of hydrogen-bond acceptors (Lipinski definition) is 3. The molecule has 190 valence electrons. The molecule has 0 heterocycles. The molecule has 0 bridgehead atoms. The van der Waals surface area contributed by atoms with E-state index in [4.69, 9.17) is 27.9 Å². The number of nitrogens with zero attached hydrogens (tertiary/aromatic N) is 1. The first kappa shape index (κ1) is 26.4. The van der Waals surface area contributed by atoms with Crippen LogP contribution in [0, 0.1) is 6.92 Å². The van der Waals surface area contributed by atoms with Gasteiger partial charge in [-0.3, -0.25) is 4.79 Å². The van der Waals surface area contributed by atoms with E-state index in [0.717, 1.165) is 48.2 Å². The smallest absolute Gasteiger partial charge is 0.254 e. The Kier molecular flexibility index (Phi) is 9.17. The van der Waals surface area contributed by atoms with E-state index in [1.165, 1.54) is 19.3 Å². The van der Waals surface area contributed by atoms with Crippen molar-refractivity contribution in [2.45, 2.75) is 65.0 Å². The molecule has 4 nitrogen and oxygen atoms in total. The van der Waals surface area contributed by atoms with E-state index in [1.807, 2.05) is 43.3 Å². The Bertz CT molecular complexity index is 1190. The summed E-state index contributed by atoms with van der Waals surface area (Å²) >= 11 is 12.4. The van der Waals surface area contributed by atoms with Crippen molar-refractivity contribution in [3.63, 3.8) is 0 Å². The van der Waals surface area contributed by atoms with Crippen LogP contribution in [0.25, 0.3) is 0 Å². The molecule has 4 rings (SSSR count). The maximum atomic E-state index is 13.5. The topological polar surface area (TPSA) is 41.6 Å². The monoisotopic (exact) mass is 524 g/mol. The third kappa shape index (κ3) is 6.74. The largest absolute Gasteiger partial charge is 0.456 e. The van der Waals surface area contributed by atoms with Crippen molar-refractivity contribution in [1.29, 1.82) is 0 Å². The second kappa shape index (κ2) is 12.5. The molecule has 0 atom stereocenters. The minimum atomic E-state index is 0.149. The van der Waals surface area contributed by atoms with Crippen LogP contribution in [-0.4, -0.2) is 23.4 Å². The molecule has 0 radical (unpaired) electrons. The zero-order chi connectivity index (χ0) is 25.5. The molecule has 1 aliphatic carbocycles. The zero-order valence-corrected chi connectivity index (χ0v) is 22.5. The minimum absolute atomic E-state index is 0.149. The molecule has 1 amide bonds. The maximum absolute atomic E-state index is 13.5. The van der Waals surface area contributed by atoms with E-state index in [0.29, 0.717) is 34.1 Å².